The Morgan fingerprint density at radius 1 is 1.30 bits per heavy atom. The second-order valence-electron chi connectivity index (χ2n) is 3.94. The molecule has 2 rings (SSSR count). The van der Waals surface area contributed by atoms with Gasteiger partial charge in [0.15, 0.2) is 0 Å². The molecular formula is C13H11BrN2O3S. The Balaban J connectivity index is 2.00. The fourth-order valence-corrected chi connectivity index (χ4v) is 2.51. The first-order valence-electron chi connectivity index (χ1n) is 5.65. The first-order valence-corrected chi connectivity index (χ1v) is 7.38. The van der Waals surface area contributed by atoms with E-state index in [1.807, 2.05) is 16.8 Å². The molecule has 7 heteroatoms. The molecule has 1 heterocycles. The van der Waals surface area contributed by atoms with Crippen molar-refractivity contribution in [3.63, 3.8) is 0 Å². The van der Waals surface area contributed by atoms with Gasteiger partial charge in [-0.3, -0.25) is 0 Å². The van der Waals surface area contributed by atoms with E-state index >= 15 is 0 Å². The number of amides is 2. The highest BCUT2D eigenvalue weighted by atomic mass is 79.9. The van der Waals surface area contributed by atoms with Crippen molar-refractivity contribution >= 4 is 45.0 Å². The quantitative estimate of drug-likeness (QED) is 0.785. The second-order valence-corrected chi connectivity index (χ2v) is 5.57. The molecule has 0 aliphatic carbocycles. The zero-order valence-electron chi connectivity index (χ0n) is 10.2. The topological polar surface area (TPSA) is 78.4 Å². The molecule has 2 amide bonds. The zero-order chi connectivity index (χ0) is 14.5. The van der Waals surface area contributed by atoms with Crippen molar-refractivity contribution in [2.45, 2.75) is 6.54 Å². The van der Waals surface area contributed by atoms with Crippen LogP contribution in [0.25, 0.3) is 0 Å². The number of halogens is 1. The molecule has 2 aromatic rings. The number of carbonyl (C=O) groups is 2. The van der Waals surface area contributed by atoms with Gasteiger partial charge in [-0.1, -0.05) is 0 Å². The first-order chi connectivity index (χ1) is 9.56. The largest absolute Gasteiger partial charge is 0.478 e. The predicted octanol–water partition coefficient (Wildman–Crippen LogP) is 3.53. The van der Waals surface area contributed by atoms with Crippen LogP contribution < -0.4 is 10.6 Å². The maximum absolute atomic E-state index is 11.8. The Hall–Kier alpha value is -1.86. The number of carboxylic acids is 1. The summed E-state index contributed by atoms with van der Waals surface area (Å²) in [6.45, 7) is 0.422. The van der Waals surface area contributed by atoms with Crippen LogP contribution in [0.4, 0.5) is 10.5 Å². The lowest BCUT2D eigenvalue weighted by atomic mass is 10.2. The van der Waals surface area contributed by atoms with E-state index in [0.717, 1.165) is 5.56 Å². The summed E-state index contributed by atoms with van der Waals surface area (Å²) in [4.78, 5) is 22.6. The summed E-state index contributed by atoms with van der Waals surface area (Å²) in [5, 5.41) is 18.1. The van der Waals surface area contributed by atoms with Gasteiger partial charge >= 0.3 is 12.0 Å². The fourth-order valence-electron chi connectivity index (χ4n) is 1.50. The number of hydrogen-bond donors (Lipinski definition) is 3. The highest BCUT2D eigenvalue weighted by Crippen LogP contribution is 2.23. The lowest BCUT2D eigenvalue weighted by Gasteiger charge is -2.09. The maximum Gasteiger partial charge on any atom is 0.335 e. The molecular weight excluding hydrogens is 344 g/mol. The number of benzene rings is 1. The lowest BCUT2D eigenvalue weighted by molar-refractivity contribution is 0.0697. The molecule has 0 atom stereocenters. The van der Waals surface area contributed by atoms with Crippen LogP contribution in [-0.4, -0.2) is 17.1 Å². The van der Waals surface area contributed by atoms with E-state index in [-0.39, 0.29) is 11.6 Å². The van der Waals surface area contributed by atoms with Gasteiger partial charge in [0.1, 0.15) is 0 Å². The van der Waals surface area contributed by atoms with Crippen molar-refractivity contribution < 1.29 is 14.7 Å². The summed E-state index contributed by atoms with van der Waals surface area (Å²) in [5.74, 6) is -1.04. The summed E-state index contributed by atoms with van der Waals surface area (Å²) in [5.41, 5.74) is 1.54. The van der Waals surface area contributed by atoms with E-state index in [9.17, 15) is 9.59 Å². The van der Waals surface area contributed by atoms with Crippen LogP contribution in [0.15, 0.2) is 39.5 Å². The smallest absolute Gasteiger partial charge is 0.335 e. The summed E-state index contributed by atoms with van der Waals surface area (Å²) in [6.07, 6.45) is 0. The van der Waals surface area contributed by atoms with E-state index in [1.54, 1.807) is 17.4 Å². The van der Waals surface area contributed by atoms with Crippen LogP contribution in [-0.2, 0) is 6.54 Å². The van der Waals surface area contributed by atoms with Crippen molar-refractivity contribution in [1.82, 2.24) is 5.32 Å². The minimum atomic E-state index is -1.04. The number of aromatic carboxylic acids is 1. The third-order valence-corrected chi connectivity index (χ3v) is 3.92. The molecule has 20 heavy (non-hydrogen) atoms. The van der Waals surface area contributed by atoms with Crippen LogP contribution in [0, 0.1) is 0 Å². The summed E-state index contributed by atoms with van der Waals surface area (Å²) in [6, 6.07) is 5.97. The second kappa shape index (κ2) is 6.53. The zero-order valence-corrected chi connectivity index (χ0v) is 12.6. The van der Waals surface area contributed by atoms with Gasteiger partial charge in [-0.25, -0.2) is 9.59 Å². The number of hydrogen-bond acceptors (Lipinski definition) is 3. The summed E-state index contributed by atoms with van der Waals surface area (Å²) in [7, 11) is 0. The van der Waals surface area contributed by atoms with E-state index in [1.165, 1.54) is 12.1 Å². The minimum Gasteiger partial charge on any atom is -0.478 e. The molecule has 3 N–H and O–H groups in total. The molecule has 0 unspecified atom stereocenters. The van der Waals surface area contributed by atoms with Gasteiger partial charge in [0.2, 0.25) is 0 Å². The summed E-state index contributed by atoms with van der Waals surface area (Å²) < 4.78 is 0.619. The van der Waals surface area contributed by atoms with Crippen LogP contribution in [0.3, 0.4) is 0 Å². The molecule has 0 bridgehead atoms. The van der Waals surface area contributed by atoms with Crippen molar-refractivity contribution in [2.75, 3.05) is 5.32 Å². The third-order valence-electron chi connectivity index (χ3n) is 2.49. The Morgan fingerprint density at radius 2 is 2.10 bits per heavy atom. The van der Waals surface area contributed by atoms with Gasteiger partial charge in [-0.05, 0) is 56.5 Å². The molecule has 1 aromatic heterocycles. The van der Waals surface area contributed by atoms with Crippen LogP contribution in [0.2, 0.25) is 0 Å². The molecule has 0 fully saturated rings. The Bertz CT molecular complexity index is 629. The molecule has 0 saturated carbocycles. The monoisotopic (exact) mass is 354 g/mol. The van der Waals surface area contributed by atoms with Crippen molar-refractivity contribution in [2.24, 2.45) is 0 Å². The standard InChI is InChI=1S/C13H11BrN2O3S/c14-10-2-1-9(12(17)18)5-11(10)16-13(19)15-6-8-3-4-20-7-8/h1-5,7H,6H2,(H,17,18)(H2,15,16,19). The first kappa shape index (κ1) is 14.5. The molecule has 0 saturated heterocycles. The van der Waals surface area contributed by atoms with Crippen LogP contribution in [0.1, 0.15) is 15.9 Å². The van der Waals surface area contributed by atoms with E-state index in [4.69, 9.17) is 5.11 Å². The lowest BCUT2D eigenvalue weighted by Crippen LogP contribution is -2.28. The number of carboxylic acid groups (broad SMARTS) is 1. The van der Waals surface area contributed by atoms with Crippen molar-refractivity contribution in [1.29, 1.82) is 0 Å². The molecule has 1 aromatic carbocycles. The SMILES string of the molecule is O=C(NCc1ccsc1)Nc1cc(C(=O)O)ccc1Br. The molecule has 104 valence electrons. The normalized spacial score (nSPS) is 10.1. The van der Waals surface area contributed by atoms with E-state index in [2.05, 4.69) is 26.6 Å². The molecule has 0 aliphatic heterocycles. The third kappa shape index (κ3) is 3.82. The molecule has 0 aliphatic rings. The fraction of sp³-hybridized carbons (Fsp3) is 0.0769. The van der Waals surface area contributed by atoms with E-state index in [0.29, 0.717) is 16.7 Å². The average molecular weight is 355 g/mol. The van der Waals surface area contributed by atoms with E-state index < -0.39 is 5.97 Å². The van der Waals surface area contributed by atoms with Gasteiger partial charge in [0.25, 0.3) is 0 Å². The summed E-state index contributed by atoms with van der Waals surface area (Å²) >= 11 is 4.82. The Kier molecular flexibility index (Phi) is 4.75. The number of thiophene rings is 1. The highest BCUT2D eigenvalue weighted by Gasteiger charge is 2.09. The van der Waals surface area contributed by atoms with Crippen molar-refractivity contribution in [3.8, 4) is 0 Å². The van der Waals surface area contributed by atoms with Crippen LogP contribution >= 0.6 is 27.3 Å². The highest BCUT2D eigenvalue weighted by molar-refractivity contribution is 9.10. The number of carbonyl (C=O) groups excluding carboxylic acids is 1. The minimum absolute atomic E-state index is 0.112. The Labute approximate surface area is 127 Å². The number of anilines is 1. The van der Waals surface area contributed by atoms with Gasteiger partial charge < -0.3 is 15.7 Å². The van der Waals surface area contributed by atoms with Gasteiger partial charge in [0.05, 0.1) is 11.3 Å². The molecule has 0 spiro atoms. The van der Waals surface area contributed by atoms with Crippen LogP contribution in [0.5, 0.6) is 0 Å². The van der Waals surface area contributed by atoms with Gasteiger partial charge in [-0.15, -0.1) is 0 Å². The maximum atomic E-state index is 11.8. The molecule has 0 radical (unpaired) electrons. The number of nitrogens with one attached hydrogen (secondary N) is 2. The van der Waals surface area contributed by atoms with Crippen molar-refractivity contribution in [3.05, 3.63) is 50.6 Å². The van der Waals surface area contributed by atoms with Gasteiger partial charge in [-0.2, -0.15) is 11.3 Å². The molecule has 5 nitrogen and oxygen atoms in total. The Morgan fingerprint density at radius 3 is 2.75 bits per heavy atom. The predicted molar refractivity (Wildman–Crippen MR) is 81.3 cm³/mol. The van der Waals surface area contributed by atoms with Gasteiger partial charge in [0, 0.05) is 11.0 Å². The average Bonchev–Trinajstić information content (AvgIpc) is 2.92. The number of urea groups is 1. The number of rotatable bonds is 4.